The van der Waals surface area contributed by atoms with E-state index in [1.807, 2.05) is 37.3 Å². The van der Waals surface area contributed by atoms with Gasteiger partial charge in [0.1, 0.15) is 11.6 Å². The highest BCUT2D eigenvalue weighted by molar-refractivity contribution is 8.18. The van der Waals surface area contributed by atoms with Gasteiger partial charge in [0.2, 0.25) is 0 Å². The molecular formula is C21H21FN2O2S. The fourth-order valence-electron chi connectivity index (χ4n) is 2.58. The van der Waals surface area contributed by atoms with Gasteiger partial charge in [-0.2, -0.15) is 0 Å². The number of amides is 1. The number of benzene rings is 2. The fraction of sp³-hybridized carbons (Fsp3) is 0.238. The first kappa shape index (κ1) is 19.2. The lowest BCUT2D eigenvalue weighted by molar-refractivity contribution is -0.122. The zero-order chi connectivity index (χ0) is 19.2. The van der Waals surface area contributed by atoms with Crippen LogP contribution in [-0.4, -0.2) is 29.1 Å². The number of ether oxygens (including phenoxy) is 1. The predicted molar refractivity (Wildman–Crippen MR) is 109 cm³/mol. The Morgan fingerprint density at radius 1 is 1.15 bits per heavy atom. The van der Waals surface area contributed by atoms with E-state index in [9.17, 15) is 9.18 Å². The molecule has 0 N–H and O–H groups in total. The normalized spacial score (nSPS) is 17.1. The first-order valence-electron chi connectivity index (χ1n) is 8.90. The number of nitrogens with zero attached hydrogens (tertiary/aromatic N) is 2. The van der Waals surface area contributed by atoms with E-state index in [-0.39, 0.29) is 11.7 Å². The minimum Gasteiger partial charge on any atom is -0.493 e. The van der Waals surface area contributed by atoms with Gasteiger partial charge >= 0.3 is 0 Å². The molecule has 1 saturated heterocycles. The topological polar surface area (TPSA) is 41.9 Å². The maximum Gasteiger partial charge on any atom is 0.266 e. The van der Waals surface area contributed by atoms with Crippen molar-refractivity contribution in [3.8, 4) is 5.75 Å². The lowest BCUT2D eigenvalue weighted by atomic mass is 10.2. The van der Waals surface area contributed by atoms with Crippen molar-refractivity contribution in [1.29, 1.82) is 0 Å². The van der Waals surface area contributed by atoms with Gasteiger partial charge in [0.15, 0.2) is 5.17 Å². The lowest BCUT2D eigenvalue weighted by Gasteiger charge is -2.12. The molecule has 1 fully saturated rings. The molecular weight excluding hydrogens is 363 g/mol. The molecule has 27 heavy (non-hydrogen) atoms. The van der Waals surface area contributed by atoms with Crippen molar-refractivity contribution in [3.63, 3.8) is 0 Å². The number of carbonyl (C=O) groups excluding carboxylic acids is 1. The summed E-state index contributed by atoms with van der Waals surface area (Å²) in [6, 6.07) is 13.6. The Bertz CT molecular complexity index is 878. The first-order valence-corrected chi connectivity index (χ1v) is 9.71. The molecule has 0 aliphatic carbocycles. The van der Waals surface area contributed by atoms with E-state index < -0.39 is 0 Å². The van der Waals surface area contributed by atoms with Gasteiger partial charge in [-0.25, -0.2) is 9.38 Å². The average Bonchev–Trinajstić information content (AvgIpc) is 2.97. The van der Waals surface area contributed by atoms with E-state index in [0.29, 0.717) is 28.9 Å². The van der Waals surface area contributed by atoms with Crippen molar-refractivity contribution < 1.29 is 13.9 Å². The number of amidine groups is 1. The van der Waals surface area contributed by atoms with Crippen molar-refractivity contribution in [1.82, 2.24) is 4.90 Å². The molecule has 0 aromatic heterocycles. The van der Waals surface area contributed by atoms with Crippen LogP contribution in [0.4, 0.5) is 10.1 Å². The first-order chi connectivity index (χ1) is 13.1. The molecule has 0 saturated carbocycles. The third kappa shape index (κ3) is 4.57. The van der Waals surface area contributed by atoms with Gasteiger partial charge in [-0.15, -0.1) is 0 Å². The number of thioether (sulfide) groups is 1. The van der Waals surface area contributed by atoms with E-state index in [1.165, 1.54) is 23.9 Å². The van der Waals surface area contributed by atoms with Crippen LogP contribution in [0.5, 0.6) is 5.75 Å². The highest BCUT2D eigenvalue weighted by Gasteiger charge is 2.32. The molecule has 0 unspecified atom stereocenters. The Balaban J connectivity index is 1.90. The van der Waals surface area contributed by atoms with E-state index in [2.05, 4.69) is 11.9 Å². The van der Waals surface area contributed by atoms with E-state index in [1.54, 1.807) is 17.0 Å². The van der Waals surface area contributed by atoms with E-state index in [0.717, 1.165) is 17.7 Å². The van der Waals surface area contributed by atoms with Gasteiger partial charge in [-0.1, -0.05) is 25.1 Å². The number of halogens is 1. The Kier molecular flexibility index (Phi) is 6.29. The number of likely N-dealkylation sites (N-methyl/N-ethyl adjacent to an activating group) is 1. The predicted octanol–water partition coefficient (Wildman–Crippen LogP) is 5.24. The molecule has 0 spiro atoms. The van der Waals surface area contributed by atoms with Crippen molar-refractivity contribution in [2.75, 3.05) is 13.2 Å². The maximum absolute atomic E-state index is 13.1. The largest absolute Gasteiger partial charge is 0.493 e. The summed E-state index contributed by atoms with van der Waals surface area (Å²) in [5.41, 5.74) is 1.47. The second kappa shape index (κ2) is 8.86. The summed E-state index contributed by atoms with van der Waals surface area (Å²) in [6.45, 7) is 5.09. The SMILES string of the molecule is CCCOc1ccccc1/C=C1/SC(=Nc2ccc(F)cc2)N(CC)C1=O. The number of hydrogen-bond acceptors (Lipinski definition) is 4. The van der Waals surface area contributed by atoms with Gasteiger partial charge in [-0.3, -0.25) is 9.69 Å². The van der Waals surface area contributed by atoms with Crippen molar-refractivity contribution >= 4 is 34.6 Å². The summed E-state index contributed by atoms with van der Waals surface area (Å²) < 4.78 is 18.9. The maximum atomic E-state index is 13.1. The zero-order valence-corrected chi connectivity index (χ0v) is 16.1. The van der Waals surface area contributed by atoms with Crippen LogP contribution < -0.4 is 4.74 Å². The van der Waals surface area contributed by atoms with Crippen LogP contribution >= 0.6 is 11.8 Å². The molecule has 1 amide bonds. The third-order valence-corrected chi connectivity index (χ3v) is 4.93. The fourth-order valence-corrected chi connectivity index (χ4v) is 3.63. The third-order valence-electron chi connectivity index (χ3n) is 3.92. The van der Waals surface area contributed by atoms with Crippen LogP contribution in [0.25, 0.3) is 6.08 Å². The molecule has 140 valence electrons. The summed E-state index contributed by atoms with van der Waals surface area (Å²) in [5, 5.41) is 0.590. The second-order valence-electron chi connectivity index (χ2n) is 5.92. The van der Waals surface area contributed by atoms with Crippen LogP contribution in [0, 0.1) is 5.82 Å². The smallest absolute Gasteiger partial charge is 0.266 e. The van der Waals surface area contributed by atoms with Crippen molar-refractivity contribution in [2.45, 2.75) is 20.3 Å². The van der Waals surface area contributed by atoms with Gasteiger partial charge < -0.3 is 4.74 Å². The zero-order valence-electron chi connectivity index (χ0n) is 15.3. The van der Waals surface area contributed by atoms with Gasteiger partial charge in [-0.05, 0) is 61.5 Å². The van der Waals surface area contributed by atoms with Crippen LogP contribution in [0.2, 0.25) is 0 Å². The molecule has 6 heteroatoms. The highest BCUT2D eigenvalue weighted by atomic mass is 32.2. The average molecular weight is 384 g/mol. The van der Waals surface area contributed by atoms with Crippen molar-refractivity contribution in [2.24, 2.45) is 4.99 Å². The summed E-state index contributed by atoms with van der Waals surface area (Å²) in [6.07, 6.45) is 2.75. The second-order valence-corrected chi connectivity index (χ2v) is 6.93. The van der Waals surface area contributed by atoms with Crippen LogP contribution in [0.3, 0.4) is 0 Å². The molecule has 0 bridgehead atoms. The quantitative estimate of drug-likeness (QED) is 0.640. The summed E-state index contributed by atoms with van der Waals surface area (Å²) in [7, 11) is 0. The molecule has 4 nitrogen and oxygen atoms in total. The number of aliphatic imine (C=N–C) groups is 1. The van der Waals surface area contributed by atoms with Crippen LogP contribution in [0.15, 0.2) is 58.4 Å². The summed E-state index contributed by atoms with van der Waals surface area (Å²) in [5.74, 6) is 0.353. The Hall–Kier alpha value is -2.60. The molecule has 2 aromatic carbocycles. The summed E-state index contributed by atoms with van der Waals surface area (Å²) in [4.78, 5) is 19.5. The molecule has 0 radical (unpaired) electrons. The standard InChI is InChI=1S/C21H21FN2O2S/c1-3-13-26-18-8-6-5-7-15(18)14-19-20(25)24(4-2)21(27-19)23-17-11-9-16(22)10-12-17/h5-12,14H,3-4,13H2,1-2H3/b19-14+,23-21?. The van der Waals surface area contributed by atoms with Crippen LogP contribution in [0.1, 0.15) is 25.8 Å². The monoisotopic (exact) mass is 384 g/mol. The minimum absolute atomic E-state index is 0.0892. The highest BCUT2D eigenvalue weighted by Crippen LogP contribution is 2.35. The molecule has 2 aromatic rings. The molecule has 1 aliphatic heterocycles. The number of para-hydroxylation sites is 1. The Labute approximate surface area is 162 Å². The molecule has 0 atom stereocenters. The van der Waals surface area contributed by atoms with E-state index in [4.69, 9.17) is 4.74 Å². The Morgan fingerprint density at radius 2 is 1.89 bits per heavy atom. The van der Waals surface area contributed by atoms with E-state index >= 15 is 0 Å². The van der Waals surface area contributed by atoms with Gasteiger partial charge in [0.25, 0.3) is 5.91 Å². The number of carbonyl (C=O) groups is 1. The lowest BCUT2D eigenvalue weighted by Crippen LogP contribution is -2.28. The van der Waals surface area contributed by atoms with Crippen molar-refractivity contribution in [3.05, 3.63) is 64.8 Å². The van der Waals surface area contributed by atoms with Gasteiger partial charge in [0.05, 0.1) is 17.2 Å². The number of rotatable bonds is 6. The Morgan fingerprint density at radius 3 is 2.59 bits per heavy atom. The minimum atomic E-state index is -0.314. The van der Waals surface area contributed by atoms with Gasteiger partial charge in [0, 0.05) is 12.1 Å². The summed E-state index contributed by atoms with van der Waals surface area (Å²) >= 11 is 1.32. The van der Waals surface area contributed by atoms with Crippen LogP contribution in [-0.2, 0) is 4.79 Å². The molecule has 3 rings (SSSR count). The molecule has 1 heterocycles. The number of hydrogen-bond donors (Lipinski definition) is 0. The molecule has 1 aliphatic rings.